The van der Waals surface area contributed by atoms with E-state index < -0.39 is 6.10 Å². The number of halogens is 1. The van der Waals surface area contributed by atoms with Crippen LogP contribution in [-0.4, -0.2) is 21.4 Å². The normalized spacial score (nSPS) is 15.2. The monoisotopic (exact) mass is 419 g/mol. The van der Waals surface area contributed by atoms with E-state index in [9.17, 15) is 4.39 Å². The molecule has 2 heterocycles. The van der Waals surface area contributed by atoms with Gasteiger partial charge in [0, 0.05) is 11.4 Å². The van der Waals surface area contributed by atoms with Crippen molar-refractivity contribution in [1.82, 2.24) is 14.8 Å². The fraction of sp³-hybridized carbons (Fsp3) is 0.130. The Hall–Kier alpha value is -3.32. The predicted molar refractivity (Wildman–Crippen MR) is 113 cm³/mol. The zero-order valence-corrected chi connectivity index (χ0v) is 16.8. The summed E-state index contributed by atoms with van der Waals surface area (Å²) in [6.07, 6.45) is -0.407. The summed E-state index contributed by atoms with van der Waals surface area (Å²) in [4.78, 5) is 0. The van der Waals surface area contributed by atoms with Gasteiger partial charge in [0.1, 0.15) is 12.4 Å². The van der Waals surface area contributed by atoms with Gasteiger partial charge in [0.15, 0.2) is 28.6 Å². The summed E-state index contributed by atoms with van der Waals surface area (Å²) in [6, 6.07) is 24.2. The molecule has 0 amide bonds. The Labute approximate surface area is 177 Å². The first-order valence-corrected chi connectivity index (χ1v) is 10.5. The van der Waals surface area contributed by atoms with Crippen LogP contribution in [0.3, 0.4) is 0 Å². The molecule has 3 aromatic carbocycles. The number of hydrogen-bond donors (Lipinski definition) is 0. The van der Waals surface area contributed by atoms with Gasteiger partial charge in [0.2, 0.25) is 0 Å². The van der Waals surface area contributed by atoms with Crippen molar-refractivity contribution in [2.24, 2.45) is 0 Å². The molecule has 1 atom stereocenters. The van der Waals surface area contributed by atoms with Gasteiger partial charge in [-0.15, -0.1) is 10.2 Å². The molecule has 0 radical (unpaired) electrons. The number of aromatic nitrogens is 3. The minimum atomic E-state index is -0.407. The summed E-state index contributed by atoms with van der Waals surface area (Å²) in [5.74, 6) is 2.26. The van der Waals surface area contributed by atoms with Crippen LogP contribution in [0.15, 0.2) is 84.0 Å². The zero-order valence-electron chi connectivity index (χ0n) is 15.9. The van der Waals surface area contributed by atoms with Crippen LogP contribution in [0.5, 0.6) is 11.5 Å². The number of ether oxygens (including phenoxy) is 2. The van der Waals surface area contributed by atoms with Crippen molar-refractivity contribution < 1.29 is 13.9 Å². The van der Waals surface area contributed by atoms with Crippen LogP contribution in [0.25, 0.3) is 5.69 Å². The number of thioether (sulfide) groups is 1. The van der Waals surface area contributed by atoms with Gasteiger partial charge in [0.05, 0.1) is 0 Å². The van der Waals surface area contributed by atoms with E-state index in [1.807, 2.05) is 65.2 Å². The van der Waals surface area contributed by atoms with Crippen molar-refractivity contribution in [1.29, 1.82) is 0 Å². The molecular formula is C23H18FN3O2S. The van der Waals surface area contributed by atoms with Crippen molar-refractivity contribution in [2.45, 2.75) is 17.0 Å². The standard InChI is InChI=1S/C23H18FN3O2S/c24-18-11-5-4-8-16(18)15-30-23-26-25-22(27(23)17-9-2-1-3-10-17)21-14-28-19-12-6-7-13-20(19)29-21/h1-13,21H,14-15H2/t21-/m0/s1. The van der Waals surface area contributed by atoms with E-state index in [2.05, 4.69) is 10.2 Å². The van der Waals surface area contributed by atoms with Crippen LogP contribution in [0, 0.1) is 5.82 Å². The van der Waals surface area contributed by atoms with Crippen LogP contribution in [0.4, 0.5) is 4.39 Å². The van der Waals surface area contributed by atoms with Crippen LogP contribution < -0.4 is 9.47 Å². The van der Waals surface area contributed by atoms with Crippen molar-refractivity contribution in [3.05, 3.63) is 96.1 Å². The molecule has 30 heavy (non-hydrogen) atoms. The number of fused-ring (bicyclic) bond motifs is 1. The average Bonchev–Trinajstić information content (AvgIpc) is 3.23. The van der Waals surface area contributed by atoms with Gasteiger partial charge in [-0.25, -0.2) is 4.39 Å². The highest BCUT2D eigenvalue weighted by Gasteiger charge is 2.29. The van der Waals surface area contributed by atoms with Crippen molar-refractivity contribution in [2.75, 3.05) is 6.61 Å². The van der Waals surface area contributed by atoms with E-state index >= 15 is 0 Å². The molecule has 1 aromatic heterocycles. The minimum absolute atomic E-state index is 0.225. The quantitative estimate of drug-likeness (QED) is 0.416. The van der Waals surface area contributed by atoms with Crippen molar-refractivity contribution in [3.8, 4) is 17.2 Å². The third-order valence-electron chi connectivity index (χ3n) is 4.78. The lowest BCUT2D eigenvalue weighted by Gasteiger charge is -2.26. The highest BCUT2D eigenvalue weighted by molar-refractivity contribution is 7.98. The lowest BCUT2D eigenvalue weighted by atomic mass is 10.2. The van der Waals surface area contributed by atoms with Gasteiger partial charge in [-0.3, -0.25) is 4.57 Å². The lowest BCUT2D eigenvalue weighted by Crippen LogP contribution is -2.24. The molecule has 0 saturated carbocycles. The number of para-hydroxylation sites is 3. The highest BCUT2D eigenvalue weighted by Crippen LogP contribution is 2.37. The first kappa shape index (κ1) is 18.7. The predicted octanol–water partition coefficient (Wildman–Crippen LogP) is 5.21. The van der Waals surface area contributed by atoms with Crippen LogP contribution in [0.1, 0.15) is 17.5 Å². The Morgan fingerprint density at radius 1 is 0.900 bits per heavy atom. The summed E-state index contributed by atoms with van der Waals surface area (Å²) < 4.78 is 28.0. The second-order valence-electron chi connectivity index (χ2n) is 6.76. The molecule has 0 spiro atoms. The second kappa shape index (κ2) is 8.20. The molecule has 150 valence electrons. The molecule has 0 aliphatic carbocycles. The molecule has 5 rings (SSSR count). The molecule has 0 N–H and O–H groups in total. The molecule has 0 bridgehead atoms. The molecule has 1 aliphatic heterocycles. The fourth-order valence-corrected chi connectivity index (χ4v) is 4.25. The second-order valence-corrected chi connectivity index (χ2v) is 7.70. The summed E-state index contributed by atoms with van der Waals surface area (Å²) in [6.45, 7) is 0.333. The van der Waals surface area contributed by atoms with Crippen molar-refractivity contribution >= 4 is 11.8 Å². The summed E-state index contributed by atoms with van der Waals surface area (Å²) in [5.41, 5.74) is 1.54. The van der Waals surface area contributed by atoms with Crippen LogP contribution in [0.2, 0.25) is 0 Å². The van der Waals surface area contributed by atoms with E-state index in [-0.39, 0.29) is 5.82 Å². The molecule has 0 saturated heterocycles. The topological polar surface area (TPSA) is 49.2 Å². The Balaban J connectivity index is 1.49. The highest BCUT2D eigenvalue weighted by atomic mass is 32.2. The number of nitrogens with zero attached hydrogens (tertiary/aromatic N) is 3. The zero-order chi connectivity index (χ0) is 20.3. The minimum Gasteiger partial charge on any atom is -0.485 e. The Morgan fingerprint density at radius 3 is 2.47 bits per heavy atom. The third-order valence-corrected chi connectivity index (χ3v) is 5.76. The van der Waals surface area contributed by atoms with Gasteiger partial charge in [-0.1, -0.05) is 60.3 Å². The lowest BCUT2D eigenvalue weighted by molar-refractivity contribution is 0.0835. The first-order valence-electron chi connectivity index (χ1n) is 9.55. The average molecular weight is 419 g/mol. The molecule has 4 aromatic rings. The molecule has 7 heteroatoms. The van der Waals surface area contributed by atoms with Crippen LogP contribution >= 0.6 is 11.8 Å². The smallest absolute Gasteiger partial charge is 0.196 e. The van der Waals surface area contributed by atoms with Gasteiger partial charge >= 0.3 is 0 Å². The Bertz CT molecular complexity index is 1170. The first-order chi connectivity index (χ1) is 14.8. The summed E-state index contributed by atoms with van der Waals surface area (Å²) in [7, 11) is 0. The number of benzene rings is 3. The van der Waals surface area contributed by atoms with E-state index in [0.29, 0.717) is 40.4 Å². The van der Waals surface area contributed by atoms with E-state index in [4.69, 9.17) is 9.47 Å². The number of hydrogen-bond acceptors (Lipinski definition) is 5. The van der Waals surface area contributed by atoms with E-state index in [0.717, 1.165) is 5.69 Å². The maximum absolute atomic E-state index is 14.1. The summed E-state index contributed by atoms with van der Waals surface area (Å²) >= 11 is 1.43. The SMILES string of the molecule is Fc1ccccc1CSc1nnc([C@@H]2COc3ccccc3O2)n1-c1ccccc1. The Morgan fingerprint density at radius 2 is 1.63 bits per heavy atom. The largest absolute Gasteiger partial charge is 0.485 e. The molecule has 0 fully saturated rings. The van der Waals surface area contributed by atoms with Gasteiger partial charge in [-0.2, -0.15) is 0 Å². The maximum atomic E-state index is 14.1. The maximum Gasteiger partial charge on any atom is 0.196 e. The number of rotatable bonds is 5. The van der Waals surface area contributed by atoms with Gasteiger partial charge in [0.25, 0.3) is 0 Å². The van der Waals surface area contributed by atoms with Gasteiger partial charge < -0.3 is 9.47 Å². The molecule has 1 aliphatic rings. The summed E-state index contributed by atoms with van der Waals surface area (Å²) in [5, 5.41) is 9.47. The molecule has 5 nitrogen and oxygen atoms in total. The molecule has 0 unspecified atom stereocenters. The van der Waals surface area contributed by atoms with Crippen LogP contribution in [-0.2, 0) is 5.75 Å². The van der Waals surface area contributed by atoms with Crippen molar-refractivity contribution in [3.63, 3.8) is 0 Å². The Kier molecular flexibility index (Phi) is 5.11. The van der Waals surface area contributed by atoms with Gasteiger partial charge in [-0.05, 0) is 35.9 Å². The van der Waals surface area contributed by atoms with E-state index in [1.165, 1.54) is 17.8 Å². The van der Waals surface area contributed by atoms with E-state index in [1.54, 1.807) is 12.1 Å². The fourth-order valence-electron chi connectivity index (χ4n) is 3.31. The third kappa shape index (κ3) is 3.64. The molecular weight excluding hydrogens is 401 g/mol.